The molecule has 0 radical (unpaired) electrons. The van der Waals surface area contributed by atoms with Crippen molar-refractivity contribution in [2.45, 2.75) is 0 Å². The van der Waals surface area contributed by atoms with Gasteiger partial charge in [0.15, 0.2) is 6.67 Å². The van der Waals surface area contributed by atoms with Crippen LogP contribution in [0.5, 0.6) is 11.5 Å². The van der Waals surface area contributed by atoms with Crippen molar-refractivity contribution < 1.29 is 18.7 Å². The highest BCUT2D eigenvalue weighted by Crippen LogP contribution is 2.16. The van der Waals surface area contributed by atoms with Gasteiger partial charge in [0.1, 0.15) is 11.5 Å². The van der Waals surface area contributed by atoms with Crippen molar-refractivity contribution in [1.82, 2.24) is 0 Å². The van der Waals surface area contributed by atoms with Crippen LogP contribution in [-0.2, 0) is 4.79 Å². The van der Waals surface area contributed by atoms with Gasteiger partial charge in [-0.2, -0.15) is 0 Å². The summed E-state index contributed by atoms with van der Waals surface area (Å²) in [5, 5.41) is 0. The van der Waals surface area contributed by atoms with E-state index in [0.29, 0.717) is 11.5 Å². The summed E-state index contributed by atoms with van der Waals surface area (Å²) >= 11 is 0. The lowest BCUT2D eigenvalue weighted by Gasteiger charge is -2.02. The predicted octanol–water partition coefficient (Wildman–Crippen LogP) is 1.57. The molecule has 4 heteroatoms. The smallest absolute Gasteiger partial charge is 0.342 e. The van der Waals surface area contributed by atoms with Crippen LogP contribution in [0, 0.1) is 0 Å². The Kier molecular flexibility index (Phi) is 3.25. The van der Waals surface area contributed by atoms with Gasteiger partial charge in [-0.05, 0) is 24.3 Å². The SMILES string of the molecule is COc1ccc(OC(=O)CF)cc1. The Morgan fingerprint density at radius 2 is 1.85 bits per heavy atom. The number of alkyl halides is 1. The van der Waals surface area contributed by atoms with Crippen molar-refractivity contribution >= 4 is 5.97 Å². The maximum atomic E-state index is 11.7. The molecule has 0 atom stereocenters. The number of hydrogen-bond donors (Lipinski definition) is 0. The minimum absolute atomic E-state index is 0.309. The third-order valence-corrected chi connectivity index (χ3v) is 1.40. The van der Waals surface area contributed by atoms with Gasteiger partial charge < -0.3 is 9.47 Å². The van der Waals surface area contributed by atoms with Gasteiger partial charge in [0.2, 0.25) is 0 Å². The molecule has 0 heterocycles. The third-order valence-electron chi connectivity index (χ3n) is 1.40. The van der Waals surface area contributed by atoms with Crippen LogP contribution >= 0.6 is 0 Å². The summed E-state index contributed by atoms with van der Waals surface area (Å²) in [4.78, 5) is 10.5. The zero-order valence-electron chi connectivity index (χ0n) is 7.12. The molecular weight excluding hydrogens is 175 g/mol. The molecule has 0 spiro atoms. The minimum atomic E-state index is -1.12. The first-order valence-corrected chi connectivity index (χ1v) is 3.67. The van der Waals surface area contributed by atoms with E-state index < -0.39 is 12.6 Å². The number of carbonyl (C=O) groups is 1. The zero-order chi connectivity index (χ0) is 9.68. The van der Waals surface area contributed by atoms with Gasteiger partial charge in [-0.3, -0.25) is 0 Å². The Bertz CT molecular complexity index is 281. The van der Waals surface area contributed by atoms with Crippen LogP contribution in [0.1, 0.15) is 0 Å². The van der Waals surface area contributed by atoms with Crippen molar-refractivity contribution in [1.29, 1.82) is 0 Å². The summed E-state index contributed by atoms with van der Waals surface area (Å²) in [5.41, 5.74) is 0. The number of benzene rings is 1. The third kappa shape index (κ3) is 2.74. The van der Waals surface area contributed by atoms with Crippen molar-refractivity contribution in [2.24, 2.45) is 0 Å². The molecule has 0 aromatic heterocycles. The molecule has 1 aromatic carbocycles. The standard InChI is InChI=1S/C9H9FO3/c1-12-7-2-4-8(5-3-7)13-9(11)6-10/h2-5H,6H2,1H3. The van der Waals surface area contributed by atoms with Crippen molar-refractivity contribution in [3.63, 3.8) is 0 Å². The summed E-state index contributed by atoms with van der Waals surface area (Å²) < 4.78 is 21.2. The fourth-order valence-corrected chi connectivity index (χ4v) is 0.802. The lowest BCUT2D eigenvalue weighted by molar-refractivity contribution is -0.135. The summed E-state index contributed by atoms with van der Waals surface area (Å²) in [7, 11) is 1.53. The molecule has 13 heavy (non-hydrogen) atoms. The van der Waals surface area contributed by atoms with Gasteiger partial charge in [-0.15, -0.1) is 0 Å². The Hall–Kier alpha value is -1.58. The molecular formula is C9H9FO3. The highest BCUT2D eigenvalue weighted by molar-refractivity contribution is 5.73. The lowest BCUT2D eigenvalue weighted by atomic mass is 10.3. The maximum Gasteiger partial charge on any atom is 0.342 e. The number of carbonyl (C=O) groups excluding carboxylic acids is 1. The molecule has 0 fully saturated rings. The molecule has 0 bridgehead atoms. The molecule has 0 aliphatic rings. The van der Waals surface area contributed by atoms with Crippen molar-refractivity contribution in [2.75, 3.05) is 13.8 Å². The molecule has 0 saturated heterocycles. The van der Waals surface area contributed by atoms with Gasteiger partial charge in [0.05, 0.1) is 7.11 Å². The highest BCUT2D eigenvalue weighted by Gasteiger charge is 2.02. The first-order chi connectivity index (χ1) is 6.26. The van der Waals surface area contributed by atoms with E-state index in [1.807, 2.05) is 0 Å². The summed E-state index contributed by atoms with van der Waals surface area (Å²) in [6, 6.07) is 6.32. The second kappa shape index (κ2) is 4.45. The molecule has 1 rings (SSSR count). The number of methoxy groups -OCH3 is 1. The summed E-state index contributed by atoms with van der Waals surface area (Å²) in [6.07, 6.45) is 0. The first-order valence-electron chi connectivity index (χ1n) is 3.67. The van der Waals surface area contributed by atoms with E-state index in [0.717, 1.165) is 0 Å². The van der Waals surface area contributed by atoms with Crippen LogP contribution in [0.3, 0.4) is 0 Å². The van der Waals surface area contributed by atoms with Gasteiger partial charge in [0, 0.05) is 0 Å². The second-order valence-electron chi connectivity index (χ2n) is 2.28. The van der Waals surface area contributed by atoms with Crippen LogP contribution in [0.2, 0.25) is 0 Å². The van der Waals surface area contributed by atoms with Crippen LogP contribution in [0.15, 0.2) is 24.3 Å². The number of rotatable bonds is 3. The molecule has 1 aromatic rings. The van der Waals surface area contributed by atoms with Gasteiger partial charge in [-0.1, -0.05) is 0 Å². The number of halogens is 1. The Morgan fingerprint density at radius 3 is 2.31 bits per heavy atom. The summed E-state index contributed by atoms with van der Waals surface area (Å²) in [5.74, 6) is 0.0636. The minimum Gasteiger partial charge on any atom is -0.497 e. The maximum absolute atomic E-state index is 11.7. The molecule has 3 nitrogen and oxygen atoms in total. The molecule has 70 valence electrons. The Labute approximate surface area is 75.1 Å². The van der Waals surface area contributed by atoms with E-state index >= 15 is 0 Å². The topological polar surface area (TPSA) is 35.5 Å². The Morgan fingerprint density at radius 1 is 1.31 bits per heavy atom. The second-order valence-corrected chi connectivity index (χ2v) is 2.28. The van der Waals surface area contributed by atoms with Crippen molar-refractivity contribution in [3.05, 3.63) is 24.3 Å². The number of ether oxygens (including phenoxy) is 2. The van der Waals surface area contributed by atoms with Crippen LogP contribution < -0.4 is 9.47 Å². The number of esters is 1. The van der Waals surface area contributed by atoms with E-state index in [-0.39, 0.29) is 0 Å². The quantitative estimate of drug-likeness (QED) is 0.528. The first kappa shape index (κ1) is 9.51. The molecule has 0 aliphatic carbocycles. The largest absolute Gasteiger partial charge is 0.497 e. The molecule has 0 N–H and O–H groups in total. The monoisotopic (exact) mass is 184 g/mol. The van der Waals surface area contributed by atoms with E-state index in [1.54, 1.807) is 12.1 Å². The van der Waals surface area contributed by atoms with Crippen LogP contribution in [0.25, 0.3) is 0 Å². The summed E-state index contributed by atoms with van der Waals surface area (Å²) in [6.45, 7) is -1.12. The molecule has 0 aliphatic heterocycles. The van der Waals surface area contributed by atoms with Gasteiger partial charge >= 0.3 is 5.97 Å². The normalized spacial score (nSPS) is 9.38. The van der Waals surface area contributed by atoms with E-state index in [4.69, 9.17) is 4.74 Å². The van der Waals surface area contributed by atoms with E-state index in [2.05, 4.69) is 4.74 Å². The average Bonchev–Trinajstić information content (AvgIpc) is 2.19. The van der Waals surface area contributed by atoms with E-state index in [9.17, 15) is 9.18 Å². The number of hydrogen-bond acceptors (Lipinski definition) is 3. The van der Waals surface area contributed by atoms with Gasteiger partial charge in [-0.25, -0.2) is 9.18 Å². The fraction of sp³-hybridized carbons (Fsp3) is 0.222. The van der Waals surface area contributed by atoms with Crippen molar-refractivity contribution in [3.8, 4) is 11.5 Å². The lowest BCUT2D eigenvalue weighted by Crippen LogP contribution is -2.09. The predicted molar refractivity (Wildman–Crippen MR) is 44.6 cm³/mol. The Balaban J connectivity index is 2.64. The molecule has 0 amide bonds. The average molecular weight is 184 g/mol. The van der Waals surface area contributed by atoms with Crippen LogP contribution in [-0.4, -0.2) is 19.8 Å². The molecule has 0 unspecified atom stereocenters. The van der Waals surface area contributed by atoms with Crippen LogP contribution in [0.4, 0.5) is 4.39 Å². The van der Waals surface area contributed by atoms with Gasteiger partial charge in [0.25, 0.3) is 0 Å². The van der Waals surface area contributed by atoms with E-state index in [1.165, 1.54) is 19.2 Å². The molecule has 0 saturated carbocycles. The zero-order valence-corrected chi connectivity index (χ0v) is 7.12. The highest BCUT2D eigenvalue weighted by atomic mass is 19.1. The fourth-order valence-electron chi connectivity index (χ4n) is 0.802.